The normalized spacial score (nSPS) is 21.4. The van der Waals surface area contributed by atoms with Crippen LogP contribution >= 0.6 is 0 Å². The van der Waals surface area contributed by atoms with Crippen molar-refractivity contribution in [2.24, 2.45) is 5.92 Å². The van der Waals surface area contributed by atoms with E-state index in [0.717, 1.165) is 80.4 Å². The van der Waals surface area contributed by atoms with Crippen molar-refractivity contribution in [3.05, 3.63) is 65.9 Å². The van der Waals surface area contributed by atoms with Crippen LogP contribution in [0, 0.1) is 11.7 Å². The van der Waals surface area contributed by atoms with E-state index in [9.17, 15) is 9.18 Å². The second kappa shape index (κ2) is 10.8. The summed E-state index contributed by atoms with van der Waals surface area (Å²) in [6, 6.07) is 11.0. The smallest absolute Gasteiger partial charge is 0.145 e. The highest BCUT2D eigenvalue weighted by atomic mass is 19.1. The first-order chi connectivity index (χ1) is 16.7. The lowest BCUT2D eigenvalue weighted by molar-refractivity contribution is -0.125. The first kappa shape index (κ1) is 23.2. The molecule has 180 valence electrons. The summed E-state index contributed by atoms with van der Waals surface area (Å²) >= 11 is 0. The van der Waals surface area contributed by atoms with Crippen LogP contribution < -0.4 is 0 Å². The molecule has 1 aliphatic heterocycles. The fourth-order valence-corrected chi connectivity index (χ4v) is 6.07. The molecule has 2 fully saturated rings. The van der Waals surface area contributed by atoms with Crippen molar-refractivity contribution < 1.29 is 13.6 Å². The number of carbonyl (C=O) groups is 1. The van der Waals surface area contributed by atoms with E-state index in [1.807, 2.05) is 24.3 Å². The molecule has 34 heavy (non-hydrogen) atoms. The number of likely N-dealkylation sites (tertiary alicyclic amines) is 1. The average Bonchev–Trinajstić information content (AvgIpc) is 3.22. The van der Waals surface area contributed by atoms with Gasteiger partial charge in [-0.25, -0.2) is 4.39 Å². The van der Waals surface area contributed by atoms with E-state index in [1.54, 1.807) is 24.6 Å². The van der Waals surface area contributed by atoms with Crippen LogP contribution in [0.25, 0.3) is 11.0 Å². The Bertz CT molecular complexity index is 1090. The summed E-state index contributed by atoms with van der Waals surface area (Å²) in [5, 5.41) is 0.843. The number of aromatic nitrogens is 1. The van der Waals surface area contributed by atoms with Gasteiger partial charge in [-0.3, -0.25) is 9.78 Å². The Kier molecular flexibility index (Phi) is 7.39. The maximum Gasteiger partial charge on any atom is 0.145 e. The lowest BCUT2D eigenvalue weighted by Gasteiger charge is -2.27. The molecule has 5 heteroatoms. The van der Waals surface area contributed by atoms with Crippen molar-refractivity contribution in [2.75, 3.05) is 19.6 Å². The molecule has 0 spiro atoms. The van der Waals surface area contributed by atoms with Crippen LogP contribution in [0.5, 0.6) is 0 Å². The number of furan rings is 1. The number of pyridine rings is 1. The molecule has 3 heterocycles. The predicted octanol–water partition coefficient (Wildman–Crippen LogP) is 6.86. The van der Waals surface area contributed by atoms with E-state index in [1.165, 1.54) is 19.3 Å². The van der Waals surface area contributed by atoms with Gasteiger partial charge in [0.25, 0.3) is 0 Å². The predicted molar refractivity (Wildman–Crippen MR) is 132 cm³/mol. The summed E-state index contributed by atoms with van der Waals surface area (Å²) < 4.78 is 19.9. The molecule has 4 nitrogen and oxygen atoms in total. The van der Waals surface area contributed by atoms with Crippen molar-refractivity contribution in [3.8, 4) is 0 Å². The lowest BCUT2D eigenvalue weighted by Crippen LogP contribution is -2.31. The number of hydrogen-bond donors (Lipinski definition) is 0. The summed E-state index contributed by atoms with van der Waals surface area (Å²) in [6.45, 7) is 2.86. The standard InChI is InChI=1S/C29H35FN2O2/c30-24-19-23-13-18-34-29(23)26(20-24)21-9-6-15-32(16-11-21)17-12-25(27-10-4-5-14-31-27)28(33)22-7-2-1-3-8-22/h4-5,10,13-14,18-22,25H,1-3,6-9,11-12,15-17H2. The molecular formula is C29H35FN2O2. The van der Waals surface area contributed by atoms with Crippen LogP contribution in [0.3, 0.4) is 0 Å². The van der Waals surface area contributed by atoms with E-state index < -0.39 is 0 Å². The van der Waals surface area contributed by atoms with Crippen LogP contribution in [0.1, 0.15) is 80.9 Å². The molecule has 0 bridgehead atoms. The van der Waals surface area contributed by atoms with Gasteiger partial charge in [0, 0.05) is 23.1 Å². The van der Waals surface area contributed by atoms with Crippen LogP contribution in [0.15, 0.2) is 53.3 Å². The Labute approximate surface area is 201 Å². The third-order valence-electron chi connectivity index (χ3n) is 7.93. The third kappa shape index (κ3) is 5.25. The molecule has 0 N–H and O–H groups in total. The Morgan fingerprint density at radius 2 is 1.94 bits per heavy atom. The zero-order valence-corrected chi connectivity index (χ0v) is 19.9. The van der Waals surface area contributed by atoms with Crippen molar-refractivity contribution in [3.63, 3.8) is 0 Å². The fraction of sp³-hybridized carbons (Fsp3) is 0.517. The number of benzene rings is 1. The molecule has 1 saturated heterocycles. The molecule has 2 aromatic heterocycles. The molecule has 0 amide bonds. The van der Waals surface area contributed by atoms with Crippen LogP contribution in [0.4, 0.5) is 4.39 Å². The maximum atomic E-state index is 14.2. The number of rotatable bonds is 7. The van der Waals surface area contributed by atoms with E-state index in [0.29, 0.717) is 11.7 Å². The maximum absolute atomic E-state index is 14.2. The number of hydrogen-bond acceptors (Lipinski definition) is 4. The zero-order valence-electron chi connectivity index (χ0n) is 19.9. The number of carbonyl (C=O) groups excluding carboxylic acids is 1. The van der Waals surface area contributed by atoms with Gasteiger partial charge in [0.2, 0.25) is 0 Å². The molecule has 2 aliphatic rings. The third-order valence-corrected chi connectivity index (χ3v) is 7.93. The van der Waals surface area contributed by atoms with E-state index in [4.69, 9.17) is 4.42 Å². The first-order valence-corrected chi connectivity index (χ1v) is 13.0. The average molecular weight is 463 g/mol. The van der Waals surface area contributed by atoms with Gasteiger partial charge in [-0.15, -0.1) is 0 Å². The minimum Gasteiger partial charge on any atom is -0.464 e. The van der Waals surface area contributed by atoms with Crippen molar-refractivity contribution in [1.82, 2.24) is 9.88 Å². The highest BCUT2D eigenvalue weighted by Crippen LogP contribution is 2.35. The number of ketones is 1. The van der Waals surface area contributed by atoms with Crippen molar-refractivity contribution in [1.29, 1.82) is 0 Å². The summed E-state index contributed by atoms with van der Waals surface area (Å²) in [5.41, 5.74) is 2.75. The molecular weight excluding hydrogens is 427 g/mol. The Morgan fingerprint density at radius 3 is 2.76 bits per heavy atom. The number of nitrogens with zero attached hydrogens (tertiary/aromatic N) is 2. The molecule has 1 aliphatic carbocycles. The largest absolute Gasteiger partial charge is 0.464 e. The minimum atomic E-state index is -0.190. The highest BCUT2D eigenvalue weighted by Gasteiger charge is 2.31. The van der Waals surface area contributed by atoms with Crippen LogP contribution in [0.2, 0.25) is 0 Å². The van der Waals surface area contributed by atoms with E-state index in [2.05, 4.69) is 9.88 Å². The minimum absolute atomic E-state index is 0.116. The molecule has 1 aromatic carbocycles. The van der Waals surface area contributed by atoms with Gasteiger partial charge in [-0.2, -0.15) is 0 Å². The van der Waals surface area contributed by atoms with Crippen molar-refractivity contribution in [2.45, 2.75) is 69.6 Å². The second-order valence-electron chi connectivity index (χ2n) is 10.1. The fourth-order valence-electron chi connectivity index (χ4n) is 6.07. The van der Waals surface area contributed by atoms with Gasteiger partial charge in [-0.05, 0) is 94.4 Å². The van der Waals surface area contributed by atoms with Crippen molar-refractivity contribution >= 4 is 16.8 Å². The molecule has 0 radical (unpaired) electrons. The van der Waals surface area contributed by atoms with Gasteiger partial charge in [-0.1, -0.05) is 25.3 Å². The summed E-state index contributed by atoms with van der Waals surface area (Å²) in [6.07, 6.45) is 13.0. The molecule has 5 rings (SSSR count). The molecule has 2 atom stereocenters. The number of fused-ring (bicyclic) bond motifs is 1. The quantitative estimate of drug-likeness (QED) is 0.385. The van der Waals surface area contributed by atoms with Gasteiger partial charge in [0.15, 0.2) is 0 Å². The summed E-state index contributed by atoms with van der Waals surface area (Å²) in [5.74, 6) is 0.576. The van der Waals surface area contributed by atoms with Gasteiger partial charge < -0.3 is 9.32 Å². The Hall–Kier alpha value is -2.53. The van der Waals surface area contributed by atoms with E-state index in [-0.39, 0.29) is 17.7 Å². The highest BCUT2D eigenvalue weighted by molar-refractivity contribution is 5.87. The molecule has 2 unspecified atom stereocenters. The van der Waals surface area contributed by atoms with Gasteiger partial charge in [0.1, 0.15) is 17.2 Å². The summed E-state index contributed by atoms with van der Waals surface area (Å²) in [4.78, 5) is 20.6. The Morgan fingerprint density at radius 1 is 1.06 bits per heavy atom. The van der Waals surface area contributed by atoms with E-state index >= 15 is 0 Å². The SMILES string of the molecule is O=C(C1CCCCC1)C(CCN1CCCC(c2cc(F)cc3ccoc23)CC1)c1ccccn1. The molecule has 1 saturated carbocycles. The van der Waals surface area contributed by atoms with Gasteiger partial charge >= 0.3 is 0 Å². The number of halogens is 1. The van der Waals surface area contributed by atoms with Gasteiger partial charge in [0.05, 0.1) is 17.9 Å². The summed E-state index contributed by atoms with van der Waals surface area (Å²) in [7, 11) is 0. The molecule has 3 aromatic rings. The second-order valence-corrected chi connectivity index (χ2v) is 10.1. The van der Waals surface area contributed by atoms with Crippen LogP contribution in [-0.2, 0) is 4.79 Å². The zero-order chi connectivity index (χ0) is 23.3. The van der Waals surface area contributed by atoms with Crippen LogP contribution in [-0.4, -0.2) is 35.3 Å². The number of Topliss-reactive ketones (excluding diaryl/α,β-unsaturated/α-hetero) is 1. The monoisotopic (exact) mass is 462 g/mol. The lowest BCUT2D eigenvalue weighted by atomic mass is 9.79. The first-order valence-electron chi connectivity index (χ1n) is 13.0. The Balaban J connectivity index is 1.25. The topological polar surface area (TPSA) is 46.3 Å².